The SMILES string of the molecule is COc1cccc(-c2nccn2CC(C)Cc2ccnc3[nH]cnc23)c1. The number of rotatable bonds is 6. The first-order chi connectivity index (χ1) is 12.7. The highest BCUT2D eigenvalue weighted by Crippen LogP contribution is 2.24. The zero-order valence-electron chi connectivity index (χ0n) is 14.9. The second-order valence-electron chi connectivity index (χ2n) is 6.51. The van der Waals surface area contributed by atoms with E-state index in [0.29, 0.717) is 5.92 Å². The topological polar surface area (TPSA) is 68.6 Å². The Bertz CT molecular complexity index is 1020. The van der Waals surface area contributed by atoms with Crippen LogP contribution in [0.4, 0.5) is 0 Å². The van der Waals surface area contributed by atoms with Crippen molar-refractivity contribution >= 4 is 11.2 Å². The molecule has 0 amide bonds. The van der Waals surface area contributed by atoms with Crippen LogP contribution in [0, 0.1) is 5.92 Å². The number of nitrogens with one attached hydrogen (secondary N) is 1. The standard InChI is InChI=1S/C20H21N5O/c1-14(10-15-6-7-21-19-18(15)23-13-24-19)12-25-9-8-22-20(25)16-4-3-5-17(11-16)26-2/h3-9,11,13-14H,10,12H2,1-2H3,(H,21,23,24). The Kier molecular flexibility index (Phi) is 4.39. The number of fused-ring (bicyclic) bond motifs is 1. The molecule has 3 heterocycles. The van der Waals surface area contributed by atoms with Gasteiger partial charge in [0.05, 0.1) is 13.4 Å². The van der Waals surface area contributed by atoms with Crippen molar-refractivity contribution in [1.29, 1.82) is 0 Å². The molecule has 132 valence electrons. The molecule has 0 radical (unpaired) electrons. The Labute approximate surface area is 151 Å². The molecule has 1 aromatic carbocycles. The van der Waals surface area contributed by atoms with Gasteiger partial charge in [-0.3, -0.25) is 0 Å². The lowest BCUT2D eigenvalue weighted by atomic mass is 10.0. The van der Waals surface area contributed by atoms with Crippen molar-refractivity contribution in [2.75, 3.05) is 7.11 Å². The molecule has 1 N–H and O–H groups in total. The first-order valence-electron chi connectivity index (χ1n) is 8.67. The lowest BCUT2D eigenvalue weighted by Crippen LogP contribution is -2.11. The minimum atomic E-state index is 0.427. The minimum Gasteiger partial charge on any atom is -0.497 e. The second-order valence-corrected chi connectivity index (χ2v) is 6.51. The van der Waals surface area contributed by atoms with Crippen LogP contribution in [0.15, 0.2) is 55.2 Å². The first kappa shape index (κ1) is 16.3. The summed E-state index contributed by atoms with van der Waals surface area (Å²) in [7, 11) is 1.68. The maximum absolute atomic E-state index is 5.33. The van der Waals surface area contributed by atoms with Gasteiger partial charge < -0.3 is 14.3 Å². The summed E-state index contributed by atoms with van der Waals surface area (Å²) in [5, 5.41) is 0. The molecule has 0 spiro atoms. The molecule has 0 saturated carbocycles. The van der Waals surface area contributed by atoms with E-state index < -0.39 is 0 Å². The van der Waals surface area contributed by atoms with E-state index in [-0.39, 0.29) is 0 Å². The summed E-state index contributed by atoms with van der Waals surface area (Å²) in [6, 6.07) is 10.1. The monoisotopic (exact) mass is 347 g/mol. The average molecular weight is 347 g/mol. The Morgan fingerprint density at radius 1 is 1.15 bits per heavy atom. The molecule has 6 heteroatoms. The van der Waals surface area contributed by atoms with Gasteiger partial charge in [0.15, 0.2) is 5.65 Å². The Morgan fingerprint density at radius 3 is 2.96 bits per heavy atom. The van der Waals surface area contributed by atoms with E-state index in [4.69, 9.17) is 4.74 Å². The molecular weight excluding hydrogens is 326 g/mol. The molecular formula is C20H21N5O. The van der Waals surface area contributed by atoms with Gasteiger partial charge in [0, 0.05) is 30.7 Å². The highest BCUT2D eigenvalue weighted by Gasteiger charge is 2.13. The summed E-state index contributed by atoms with van der Waals surface area (Å²) in [5.74, 6) is 2.22. The van der Waals surface area contributed by atoms with Gasteiger partial charge in [-0.15, -0.1) is 0 Å². The predicted molar refractivity (Wildman–Crippen MR) is 101 cm³/mol. The number of ether oxygens (including phenoxy) is 1. The number of benzene rings is 1. The van der Waals surface area contributed by atoms with Crippen molar-refractivity contribution in [1.82, 2.24) is 24.5 Å². The van der Waals surface area contributed by atoms with Gasteiger partial charge in [0.25, 0.3) is 0 Å². The van der Waals surface area contributed by atoms with E-state index in [0.717, 1.165) is 41.3 Å². The fourth-order valence-corrected chi connectivity index (χ4v) is 3.32. The Balaban J connectivity index is 1.54. The first-order valence-corrected chi connectivity index (χ1v) is 8.67. The van der Waals surface area contributed by atoms with Crippen molar-refractivity contribution < 1.29 is 4.74 Å². The van der Waals surface area contributed by atoms with E-state index >= 15 is 0 Å². The molecule has 4 rings (SSSR count). The number of hydrogen-bond acceptors (Lipinski definition) is 4. The minimum absolute atomic E-state index is 0.427. The van der Waals surface area contributed by atoms with E-state index in [1.807, 2.05) is 36.8 Å². The normalized spacial score (nSPS) is 12.4. The Hall–Kier alpha value is -3.15. The quantitative estimate of drug-likeness (QED) is 0.577. The van der Waals surface area contributed by atoms with Crippen molar-refractivity contribution in [2.45, 2.75) is 19.9 Å². The van der Waals surface area contributed by atoms with E-state index in [1.54, 1.807) is 13.4 Å². The lowest BCUT2D eigenvalue weighted by molar-refractivity contribution is 0.415. The number of pyridine rings is 1. The van der Waals surface area contributed by atoms with Gasteiger partial charge in [-0.1, -0.05) is 19.1 Å². The van der Waals surface area contributed by atoms with Gasteiger partial charge in [0.2, 0.25) is 0 Å². The summed E-state index contributed by atoms with van der Waals surface area (Å²) < 4.78 is 7.53. The largest absolute Gasteiger partial charge is 0.497 e. The van der Waals surface area contributed by atoms with Crippen LogP contribution in [0.2, 0.25) is 0 Å². The van der Waals surface area contributed by atoms with Crippen LogP contribution in [0.1, 0.15) is 12.5 Å². The summed E-state index contributed by atoms with van der Waals surface area (Å²) in [6.45, 7) is 3.12. The van der Waals surface area contributed by atoms with Crippen LogP contribution in [0.5, 0.6) is 5.75 Å². The number of nitrogens with zero attached hydrogens (tertiary/aromatic N) is 4. The summed E-state index contributed by atoms with van der Waals surface area (Å²) in [5.41, 5.74) is 4.07. The van der Waals surface area contributed by atoms with Crippen LogP contribution >= 0.6 is 0 Å². The van der Waals surface area contributed by atoms with Gasteiger partial charge in [0.1, 0.15) is 17.1 Å². The molecule has 0 bridgehead atoms. The number of aromatic amines is 1. The summed E-state index contributed by atoms with van der Waals surface area (Å²) in [4.78, 5) is 16.3. The van der Waals surface area contributed by atoms with Crippen molar-refractivity contribution in [3.63, 3.8) is 0 Å². The van der Waals surface area contributed by atoms with Crippen LogP contribution in [-0.4, -0.2) is 31.6 Å². The predicted octanol–water partition coefficient (Wildman–Crippen LogP) is 3.71. The molecule has 0 aliphatic carbocycles. The maximum Gasteiger partial charge on any atom is 0.157 e. The van der Waals surface area contributed by atoms with Gasteiger partial charge in [-0.2, -0.15) is 0 Å². The lowest BCUT2D eigenvalue weighted by Gasteiger charge is -2.15. The maximum atomic E-state index is 5.33. The molecule has 3 aromatic heterocycles. The fraction of sp³-hybridized carbons (Fsp3) is 0.250. The average Bonchev–Trinajstić information content (AvgIpc) is 3.31. The number of aromatic nitrogens is 5. The summed E-state index contributed by atoms with van der Waals surface area (Å²) >= 11 is 0. The van der Waals surface area contributed by atoms with Gasteiger partial charge >= 0.3 is 0 Å². The fourth-order valence-electron chi connectivity index (χ4n) is 3.32. The van der Waals surface area contributed by atoms with Crippen LogP contribution in [0.25, 0.3) is 22.6 Å². The van der Waals surface area contributed by atoms with Gasteiger partial charge in [-0.25, -0.2) is 15.0 Å². The van der Waals surface area contributed by atoms with E-state index in [1.165, 1.54) is 5.56 Å². The zero-order valence-corrected chi connectivity index (χ0v) is 14.9. The molecule has 26 heavy (non-hydrogen) atoms. The summed E-state index contributed by atoms with van der Waals surface area (Å²) in [6.07, 6.45) is 8.34. The molecule has 6 nitrogen and oxygen atoms in total. The number of H-pyrrole nitrogens is 1. The third-order valence-electron chi connectivity index (χ3n) is 4.52. The van der Waals surface area contributed by atoms with E-state index in [2.05, 4.69) is 43.6 Å². The second kappa shape index (κ2) is 7.00. The Morgan fingerprint density at radius 2 is 2.08 bits per heavy atom. The van der Waals surface area contributed by atoms with Crippen molar-refractivity contribution in [2.24, 2.45) is 5.92 Å². The smallest absolute Gasteiger partial charge is 0.157 e. The molecule has 0 aliphatic heterocycles. The highest BCUT2D eigenvalue weighted by molar-refractivity contribution is 5.73. The highest BCUT2D eigenvalue weighted by atomic mass is 16.5. The van der Waals surface area contributed by atoms with Crippen LogP contribution < -0.4 is 4.74 Å². The van der Waals surface area contributed by atoms with Gasteiger partial charge in [-0.05, 0) is 36.1 Å². The third-order valence-corrected chi connectivity index (χ3v) is 4.52. The zero-order chi connectivity index (χ0) is 17.9. The number of imidazole rings is 2. The van der Waals surface area contributed by atoms with Crippen LogP contribution in [0.3, 0.4) is 0 Å². The van der Waals surface area contributed by atoms with Crippen molar-refractivity contribution in [3.8, 4) is 17.1 Å². The molecule has 0 saturated heterocycles. The molecule has 4 aromatic rings. The molecule has 1 atom stereocenters. The molecule has 0 fully saturated rings. The van der Waals surface area contributed by atoms with E-state index in [9.17, 15) is 0 Å². The molecule has 0 aliphatic rings. The molecule has 1 unspecified atom stereocenters. The number of hydrogen-bond donors (Lipinski definition) is 1. The number of methoxy groups -OCH3 is 1. The van der Waals surface area contributed by atoms with Crippen LogP contribution in [-0.2, 0) is 13.0 Å². The third kappa shape index (κ3) is 3.18. The van der Waals surface area contributed by atoms with Crippen molar-refractivity contribution in [3.05, 3.63) is 60.8 Å².